The molecule has 18 heavy (non-hydrogen) atoms. The fraction of sp³-hybridized carbons (Fsp3) is 0.200. The van der Waals surface area contributed by atoms with Crippen LogP contribution in [0.4, 0.5) is 5.69 Å². The Morgan fingerprint density at radius 1 is 1.00 bits per heavy atom. The number of nitrogens with one attached hydrogen (secondary N) is 1. The number of methoxy groups -OCH3 is 1. The number of benzene rings is 2. The molecule has 0 fully saturated rings. The second kappa shape index (κ2) is 6.07. The van der Waals surface area contributed by atoms with E-state index in [1.54, 1.807) is 7.11 Å². The van der Waals surface area contributed by atoms with Crippen molar-refractivity contribution in [3.05, 3.63) is 60.2 Å². The number of rotatable bonds is 5. The van der Waals surface area contributed by atoms with Gasteiger partial charge in [-0.2, -0.15) is 0 Å². The van der Waals surface area contributed by atoms with Crippen LogP contribution in [0, 0.1) is 0 Å². The summed E-state index contributed by atoms with van der Waals surface area (Å²) in [7, 11) is 3.70. The zero-order chi connectivity index (χ0) is 12.8. The molecule has 0 bridgehead atoms. The lowest BCUT2D eigenvalue weighted by Gasteiger charge is -2.19. The predicted octanol–water partition coefficient (Wildman–Crippen LogP) is 3.15. The maximum absolute atomic E-state index is 5.13. The molecule has 0 heterocycles. The second-order valence-electron chi connectivity index (χ2n) is 4.18. The normalized spacial score (nSPS) is 10.4. The third-order valence-corrected chi connectivity index (χ3v) is 2.67. The Bertz CT molecular complexity index is 468. The molecule has 0 saturated carbocycles. The van der Waals surface area contributed by atoms with Crippen molar-refractivity contribution in [2.45, 2.75) is 6.54 Å². The molecular weight excluding hydrogens is 224 g/mol. The van der Waals surface area contributed by atoms with E-state index in [1.807, 2.05) is 37.4 Å². The standard InChI is InChI=1S/C15H18N2O/c1-17(12-13-6-4-3-5-7-13)16-14-8-10-15(18-2)11-9-14/h3-11,16H,12H2,1-2H3. The summed E-state index contributed by atoms with van der Waals surface area (Å²) in [6.07, 6.45) is 0. The first-order valence-electron chi connectivity index (χ1n) is 5.94. The Morgan fingerprint density at radius 2 is 1.67 bits per heavy atom. The Labute approximate surface area is 108 Å². The summed E-state index contributed by atoms with van der Waals surface area (Å²) in [4.78, 5) is 0. The van der Waals surface area contributed by atoms with Crippen molar-refractivity contribution in [3.63, 3.8) is 0 Å². The molecule has 2 aromatic rings. The monoisotopic (exact) mass is 242 g/mol. The van der Waals surface area contributed by atoms with Crippen LogP contribution in [-0.4, -0.2) is 19.2 Å². The van der Waals surface area contributed by atoms with E-state index in [2.05, 4.69) is 34.7 Å². The Kier molecular flexibility index (Phi) is 4.20. The zero-order valence-corrected chi connectivity index (χ0v) is 10.8. The molecule has 1 N–H and O–H groups in total. The van der Waals surface area contributed by atoms with Crippen LogP contribution in [0.1, 0.15) is 5.56 Å². The minimum Gasteiger partial charge on any atom is -0.497 e. The molecule has 0 aromatic heterocycles. The first kappa shape index (κ1) is 12.5. The van der Waals surface area contributed by atoms with E-state index in [0.29, 0.717) is 0 Å². The van der Waals surface area contributed by atoms with Crippen molar-refractivity contribution in [2.75, 3.05) is 19.6 Å². The number of ether oxygens (including phenoxy) is 1. The van der Waals surface area contributed by atoms with Gasteiger partial charge >= 0.3 is 0 Å². The zero-order valence-electron chi connectivity index (χ0n) is 10.8. The Morgan fingerprint density at radius 3 is 2.28 bits per heavy atom. The molecule has 3 nitrogen and oxygen atoms in total. The Hall–Kier alpha value is -2.00. The largest absolute Gasteiger partial charge is 0.497 e. The van der Waals surface area contributed by atoms with Gasteiger partial charge < -0.3 is 10.2 Å². The van der Waals surface area contributed by atoms with Gasteiger partial charge in [-0.05, 0) is 29.8 Å². The van der Waals surface area contributed by atoms with Gasteiger partial charge in [-0.25, -0.2) is 5.01 Å². The van der Waals surface area contributed by atoms with Gasteiger partial charge in [-0.3, -0.25) is 0 Å². The molecule has 0 spiro atoms. The minimum atomic E-state index is 0.854. The van der Waals surface area contributed by atoms with E-state index < -0.39 is 0 Å². The molecule has 0 unspecified atom stereocenters. The average molecular weight is 242 g/mol. The lowest BCUT2D eigenvalue weighted by molar-refractivity contribution is 0.394. The van der Waals surface area contributed by atoms with Crippen LogP contribution >= 0.6 is 0 Å². The third-order valence-electron chi connectivity index (χ3n) is 2.67. The molecule has 0 aliphatic rings. The third kappa shape index (κ3) is 3.50. The van der Waals surface area contributed by atoms with Crippen LogP contribution in [0.15, 0.2) is 54.6 Å². The van der Waals surface area contributed by atoms with E-state index in [1.165, 1.54) is 5.56 Å². The van der Waals surface area contributed by atoms with Crippen molar-refractivity contribution in [2.24, 2.45) is 0 Å². The number of hydrogen-bond acceptors (Lipinski definition) is 3. The van der Waals surface area contributed by atoms with Gasteiger partial charge in [0.1, 0.15) is 5.75 Å². The summed E-state index contributed by atoms with van der Waals surface area (Å²) in [6.45, 7) is 0.854. The fourth-order valence-electron chi connectivity index (χ4n) is 1.78. The first-order valence-corrected chi connectivity index (χ1v) is 5.94. The van der Waals surface area contributed by atoms with E-state index in [4.69, 9.17) is 4.74 Å². The maximum Gasteiger partial charge on any atom is 0.119 e. The molecule has 0 atom stereocenters. The van der Waals surface area contributed by atoms with Crippen molar-refractivity contribution in [3.8, 4) is 5.75 Å². The summed E-state index contributed by atoms with van der Waals surface area (Å²) >= 11 is 0. The number of nitrogens with zero attached hydrogens (tertiary/aromatic N) is 1. The molecule has 3 heteroatoms. The van der Waals surface area contributed by atoms with Crippen molar-refractivity contribution in [1.82, 2.24) is 5.01 Å². The lowest BCUT2D eigenvalue weighted by atomic mass is 10.2. The average Bonchev–Trinajstić information content (AvgIpc) is 2.40. The van der Waals surface area contributed by atoms with Crippen LogP contribution < -0.4 is 10.2 Å². The molecule has 0 aliphatic carbocycles. The summed E-state index contributed by atoms with van der Waals surface area (Å²) in [5.74, 6) is 0.867. The number of anilines is 1. The van der Waals surface area contributed by atoms with Crippen LogP contribution in [0.25, 0.3) is 0 Å². The van der Waals surface area contributed by atoms with E-state index in [0.717, 1.165) is 18.0 Å². The van der Waals surface area contributed by atoms with Gasteiger partial charge in [-0.15, -0.1) is 0 Å². The molecule has 2 rings (SSSR count). The van der Waals surface area contributed by atoms with Gasteiger partial charge in [0.05, 0.1) is 7.11 Å². The van der Waals surface area contributed by atoms with Crippen LogP contribution in [-0.2, 0) is 6.54 Å². The smallest absolute Gasteiger partial charge is 0.119 e. The fourth-order valence-corrected chi connectivity index (χ4v) is 1.78. The highest BCUT2D eigenvalue weighted by molar-refractivity contribution is 5.45. The van der Waals surface area contributed by atoms with Gasteiger partial charge in [-0.1, -0.05) is 30.3 Å². The van der Waals surface area contributed by atoms with Gasteiger partial charge in [0, 0.05) is 19.3 Å². The van der Waals surface area contributed by atoms with E-state index >= 15 is 0 Å². The van der Waals surface area contributed by atoms with Crippen molar-refractivity contribution in [1.29, 1.82) is 0 Å². The summed E-state index contributed by atoms with van der Waals surface area (Å²) in [5, 5.41) is 2.05. The summed E-state index contributed by atoms with van der Waals surface area (Å²) in [6, 6.07) is 18.3. The highest BCUT2D eigenvalue weighted by Crippen LogP contribution is 2.15. The molecule has 0 radical (unpaired) electrons. The van der Waals surface area contributed by atoms with Gasteiger partial charge in [0.15, 0.2) is 0 Å². The summed E-state index contributed by atoms with van der Waals surface area (Å²) < 4.78 is 5.13. The Balaban J connectivity index is 1.92. The summed E-state index contributed by atoms with van der Waals surface area (Å²) in [5.41, 5.74) is 5.65. The van der Waals surface area contributed by atoms with Gasteiger partial charge in [0.25, 0.3) is 0 Å². The molecular formula is C15H18N2O. The molecule has 2 aromatic carbocycles. The number of hydrogen-bond donors (Lipinski definition) is 1. The maximum atomic E-state index is 5.13. The minimum absolute atomic E-state index is 0.854. The lowest BCUT2D eigenvalue weighted by Crippen LogP contribution is -2.24. The molecule has 94 valence electrons. The predicted molar refractivity (Wildman–Crippen MR) is 74.5 cm³/mol. The quantitative estimate of drug-likeness (QED) is 0.815. The number of hydrazine groups is 1. The highest BCUT2D eigenvalue weighted by Gasteiger charge is 2.00. The second-order valence-corrected chi connectivity index (χ2v) is 4.18. The molecule has 0 amide bonds. The highest BCUT2D eigenvalue weighted by atomic mass is 16.5. The van der Waals surface area contributed by atoms with Crippen LogP contribution in [0.5, 0.6) is 5.75 Å². The topological polar surface area (TPSA) is 24.5 Å². The molecule has 0 aliphatic heterocycles. The SMILES string of the molecule is COc1ccc(NN(C)Cc2ccccc2)cc1. The van der Waals surface area contributed by atoms with Crippen molar-refractivity contribution >= 4 is 5.69 Å². The van der Waals surface area contributed by atoms with E-state index in [-0.39, 0.29) is 0 Å². The van der Waals surface area contributed by atoms with Gasteiger partial charge in [0.2, 0.25) is 0 Å². The van der Waals surface area contributed by atoms with Crippen LogP contribution in [0.3, 0.4) is 0 Å². The van der Waals surface area contributed by atoms with Crippen LogP contribution in [0.2, 0.25) is 0 Å². The first-order chi connectivity index (χ1) is 8.78. The van der Waals surface area contributed by atoms with Crippen molar-refractivity contribution < 1.29 is 4.74 Å². The van der Waals surface area contributed by atoms with E-state index in [9.17, 15) is 0 Å². The molecule has 0 saturated heterocycles.